The number of furan rings is 1. The van der Waals surface area contributed by atoms with Gasteiger partial charge in [0.1, 0.15) is 16.9 Å². The molecule has 0 saturated carbocycles. The normalized spacial score (nSPS) is 11.5. The van der Waals surface area contributed by atoms with Crippen LogP contribution in [0, 0.1) is 0 Å². The molecule has 0 unspecified atom stereocenters. The van der Waals surface area contributed by atoms with Crippen LogP contribution in [0.5, 0.6) is 5.75 Å². The van der Waals surface area contributed by atoms with Gasteiger partial charge in [-0.05, 0) is 74.6 Å². The van der Waals surface area contributed by atoms with Gasteiger partial charge in [0.05, 0.1) is 0 Å². The van der Waals surface area contributed by atoms with Crippen LogP contribution in [0.3, 0.4) is 0 Å². The second-order valence-electron chi connectivity index (χ2n) is 13.0. The Bertz CT molecular complexity index is 2970. The first-order chi connectivity index (χ1) is 25.7. The highest BCUT2D eigenvalue weighted by Gasteiger charge is 2.21. The second-order valence-corrected chi connectivity index (χ2v) is 13.0. The van der Waals surface area contributed by atoms with E-state index >= 15 is 0 Å². The maximum Gasteiger partial charge on any atom is 0.164 e. The second kappa shape index (κ2) is 12.0. The number of aromatic hydroxyl groups is 1. The van der Waals surface area contributed by atoms with Gasteiger partial charge in [0.25, 0.3) is 0 Å². The van der Waals surface area contributed by atoms with E-state index in [4.69, 9.17) is 19.4 Å². The predicted octanol–water partition coefficient (Wildman–Crippen LogP) is 12.1. The zero-order valence-electron chi connectivity index (χ0n) is 27.9. The molecule has 244 valence electrons. The molecule has 0 aliphatic heterocycles. The van der Waals surface area contributed by atoms with Crippen molar-refractivity contribution in [1.82, 2.24) is 15.0 Å². The smallest absolute Gasteiger partial charge is 0.164 e. The molecule has 2 aromatic heterocycles. The van der Waals surface area contributed by atoms with Gasteiger partial charge < -0.3 is 9.52 Å². The van der Waals surface area contributed by atoms with Gasteiger partial charge in [-0.25, -0.2) is 15.0 Å². The molecule has 5 nitrogen and oxygen atoms in total. The Hall–Kier alpha value is -7.11. The van der Waals surface area contributed by atoms with Crippen molar-refractivity contribution in [3.05, 3.63) is 170 Å². The van der Waals surface area contributed by atoms with Crippen LogP contribution in [0.2, 0.25) is 0 Å². The van der Waals surface area contributed by atoms with Crippen molar-refractivity contribution in [3.8, 4) is 62.2 Å². The molecule has 0 bridgehead atoms. The van der Waals surface area contributed by atoms with Crippen LogP contribution >= 0.6 is 0 Å². The summed E-state index contributed by atoms with van der Waals surface area (Å²) in [7, 11) is 0. The minimum atomic E-state index is 0.136. The van der Waals surface area contributed by atoms with Crippen LogP contribution in [0.1, 0.15) is 0 Å². The summed E-state index contributed by atoms with van der Waals surface area (Å²) >= 11 is 0. The molecule has 0 fully saturated rings. The number of hydrogen-bond donors (Lipinski definition) is 1. The Morgan fingerprint density at radius 1 is 0.365 bits per heavy atom. The lowest BCUT2D eigenvalue weighted by Gasteiger charge is -2.16. The fourth-order valence-corrected chi connectivity index (χ4v) is 7.28. The zero-order chi connectivity index (χ0) is 34.6. The molecule has 8 aromatic carbocycles. The van der Waals surface area contributed by atoms with E-state index in [1.165, 1.54) is 16.2 Å². The van der Waals surface area contributed by atoms with Gasteiger partial charge in [0.15, 0.2) is 17.5 Å². The molecule has 0 radical (unpaired) electrons. The van der Waals surface area contributed by atoms with Crippen molar-refractivity contribution in [3.63, 3.8) is 0 Å². The van der Waals surface area contributed by atoms with E-state index in [0.29, 0.717) is 28.6 Å². The number of phenolic OH excluding ortho intramolecular Hbond substituents is 1. The predicted molar refractivity (Wildman–Crippen MR) is 211 cm³/mol. The van der Waals surface area contributed by atoms with E-state index in [2.05, 4.69) is 72.8 Å². The fourth-order valence-electron chi connectivity index (χ4n) is 7.28. The van der Waals surface area contributed by atoms with Crippen molar-refractivity contribution in [2.45, 2.75) is 0 Å². The standard InChI is InChI=1S/C47H29N3O2/c51-41-28-35(32-22-24-43-39(26-32)38-17-9-10-18-42(38)52-43)27-40(44(41)30-12-3-1-4-13-30)47-49-45(31-14-5-2-6-15-31)48-46(50-47)34-21-23-37-33(25-34)20-19-29-11-7-8-16-36(29)37/h1-28,51H. The molecule has 2 heterocycles. The number of aromatic nitrogens is 3. The summed E-state index contributed by atoms with van der Waals surface area (Å²) in [5.41, 5.74) is 7.39. The van der Waals surface area contributed by atoms with E-state index in [9.17, 15) is 5.11 Å². The number of benzene rings is 8. The van der Waals surface area contributed by atoms with Gasteiger partial charge >= 0.3 is 0 Å². The first-order valence-corrected chi connectivity index (χ1v) is 17.2. The summed E-state index contributed by atoms with van der Waals surface area (Å²) < 4.78 is 6.12. The number of para-hydroxylation sites is 1. The van der Waals surface area contributed by atoms with Crippen LogP contribution in [-0.2, 0) is 0 Å². The third-order valence-electron chi connectivity index (χ3n) is 9.80. The summed E-state index contributed by atoms with van der Waals surface area (Å²) in [4.78, 5) is 15.3. The third-order valence-corrected chi connectivity index (χ3v) is 9.80. The number of rotatable bonds is 5. The minimum absolute atomic E-state index is 0.136. The Kier molecular flexibility index (Phi) is 6.89. The highest BCUT2D eigenvalue weighted by atomic mass is 16.3. The monoisotopic (exact) mass is 667 g/mol. The molecule has 10 aromatic rings. The van der Waals surface area contributed by atoms with Crippen LogP contribution in [-0.4, -0.2) is 20.1 Å². The topological polar surface area (TPSA) is 72.0 Å². The van der Waals surface area contributed by atoms with Crippen LogP contribution in [0.4, 0.5) is 0 Å². The maximum absolute atomic E-state index is 11.9. The highest BCUT2D eigenvalue weighted by Crippen LogP contribution is 2.43. The lowest BCUT2D eigenvalue weighted by molar-refractivity contribution is 0.477. The summed E-state index contributed by atoms with van der Waals surface area (Å²) in [6.45, 7) is 0. The van der Waals surface area contributed by atoms with Crippen molar-refractivity contribution < 1.29 is 9.52 Å². The largest absolute Gasteiger partial charge is 0.507 e. The van der Waals surface area contributed by atoms with Gasteiger partial charge in [-0.3, -0.25) is 0 Å². The lowest BCUT2D eigenvalue weighted by atomic mass is 9.92. The fraction of sp³-hybridized carbons (Fsp3) is 0. The molecule has 52 heavy (non-hydrogen) atoms. The van der Waals surface area contributed by atoms with Gasteiger partial charge in [-0.2, -0.15) is 0 Å². The zero-order valence-corrected chi connectivity index (χ0v) is 27.9. The Balaban J connectivity index is 1.21. The minimum Gasteiger partial charge on any atom is -0.507 e. The van der Waals surface area contributed by atoms with Gasteiger partial charge in [0.2, 0.25) is 0 Å². The van der Waals surface area contributed by atoms with Crippen molar-refractivity contribution in [1.29, 1.82) is 0 Å². The average molecular weight is 668 g/mol. The van der Waals surface area contributed by atoms with Crippen LogP contribution < -0.4 is 0 Å². The van der Waals surface area contributed by atoms with Crippen molar-refractivity contribution in [2.24, 2.45) is 0 Å². The Labute approximate surface area is 299 Å². The van der Waals surface area contributed by atoms with Gasteiger partial charge in [-0.15, -0.1) is 0 Å². The average Bonchev–Trinajstić information content (AvgIpc) is 3.59. The van der Waals surface area contributed by atoms with Crippen molar-refractivity contribution >= 4 is 43.5 Å². The van der Waals surface area contributed by atoms with Crippen LogP contribution in [0.25, 0.3) is 99.9 Å². The number of phenols is 1. The van der Waals surface area contributed by atoms with Gasteiger partial charge in [-0.1, -0.05) is 133 Å². The molecular formula is C47H29N3O2. The van der Waals surface area contributed by atoms with E-state index in [0.717, 1.165) is 55.1 Å². The number of fused-ring (bicyclic) bond motifs is 6. The van der Waals surface area contributed by atoms with E-state index in [-0.39, 0.29) is 5.75 Å². The maximum atomic E-state index is 11.9. The molecule has 0 saturated heterocycles. The van der Waals surface area contributed by atoms with E-state index < -0.39 is 0 Å². The molecule has 5 heteroatoms. The van der Waals surface area contributed by atoms with E-state index in [1.54, 1.807) is 0 Å². The SMILES string of the molecule is Oc1cc(-c2ccc3oc4ccccc4c3c2)cc(-c2nc(-c3ccccc3)nc(-c3ccc4c(ccc5ccccc54)c3)n2)c1-c1ccccc1. The summed E-state index contributed by atoms with van der Waals surface area (Å²) in [6, 6.07) is 57.0. The van der Waals surface area contributed by atoms with Crippen LogP contribution in [0.15, 0.2) is 174 Å². The summed E-state index contributed by atoms with van der Waals surface area (Å²) in [5.74, 6) is 1.70. The number of hydrogen-bond acceptors (Lipinski definition) is 5. The lowest BCUT2D eigenvalue weighted by Crippen LogP contribution is -2.01. The highest BCUT2D eigenvalue weighted by molar-refractivity contribution is 6.08. The molecule has 0 aliphatic rings. The summed E-state index contributed by atoms with van der Waals surface area (Å²) in [5, 5.41) is 18.6. The van der Waals surface area contributed by atoms with Gasteiger partial charge in [0, 0.05) is 33.0 Å². The molecule has 0 aliphatic carbocycles. The number of nitrogens with zero attached hydrogens (tertiary/aromatic N) is 3. The first kappa shape index (κ1) is 29.8. The third kappa shape index (κ3) is 5.07. The Morgan fingerprint density at radius 3 is 1.81 bits per heavy atom. The Morgan fingerprint density at radius 2 is 0.981 bits per heavy atom. The first-order valence-electron chi connectivity index (χ1n) is 17.2. The molecule has 0 amide bonds. The molecule has 10 rings (SSSR count). The molecular weight excluding hydrogens is 639 g/mol. The quantitative estimate of drug-likeness (QED) is 0.185. The van der Waals surface area contributed by atoms with E-state index in [1.807, 2.05) is 97.1 Å². The molecule has 1 N–H and O–H groups in total. The molecule has 0 atom stereocenters. The molecule has 0 spiro atoms. The van der Waals surface area contributed by atoms with Crippen molar-refractivity contribution in [2.75, 3.05) is 0 Å². The summed E-state index contributed by atoms with van der Waals surface area (Å²) in [6.07, 6.45) is 0.